The summed E-state index contributed by atoms with van der Waals surface area (Å²) < 4.78 is 0. The molecule has 1 amide bonds. The molecular weight excluding hydrogens is 408 g/mol. The molecule has 1 aromatic heterocycles. The number of hydrogen-bond acceptors (Lipinski definition) is 10. The van der Waals surface area contributed by atoms with Crippen LogP contribution in [0.2, 0.25) is 0 Å². The lowest BCUT2D eigenvalue weighted by atomic mass is 10.0. The largest absolute Gasteiger partial charge is 0.366 e. The summed E-state index contributed by atoms with van der Waals surface area (Å²) in [5.41, 5.74) is 31.3. The van der Waals surface area contributed by atoms with Gasteiger partial charge in [0.05, 0.1) is 0 Å². The van der Waals surface area contributed by atoms with Crippen molar-refractivity contribution < 1.29 is 4.79 Å². The Morgan fingerprint density at radius 1 is 0.844 bits per heavy atom. The maximum atomic E-state index is 11.3. The first kappa shape index (κ1) is 22.2. The van der Waals surface area contributed by atoms with Crippen LogP contribution in [0.4, 0.5) is 23.3 Å². The van der Waals surface area contributed by atoms with Gasteiger partial charge in [0, 0.05) is 67.7 Å². The average Bonchev–Trinajstić information content (AvgIpc) is 2.72. The second-order valence-electron chi connectivity index (χ2n) is 8.80. The molecule has 11 heteroatoms. The molecule has 0 spiro atoms. The fraction of sp³-hybridized carbons (Fsp3) is 0.476. The quantitative estimate of drug-likeness (QED) is 0.338. The van der Waals surface area contributed by atoms with E-state index < -0.39 is 5.91 Å². The lowest BCUT2D eigenvalue weighted by molar-refractivity contribution is 0.100. The molecule has 0 aliphatic carbocycles. The van der Waals surface area contributed by atoms with Gasteiger partial charge in [-0.15, -0.1) is 0 Å². The van der Waals surface area contributed by atoms with E-state index in [4.69, 9.17) is 38.6 Å². The molecule has 32 heavy (non-hydrogen) atoms. The van der Waals surface area contributed by atoms with Crippen LogP contribution in [0.15, 0.2) is 30.3 Å². The van der Waals surface area contributed by atoms with Crippen molar-refractivity contribution in [1.29, 1.82) is 0 Å². The van der Waals surface area contributed by atoms with E-state index in [0.717, 1.165) is 24.3 Å². The van der Waals surface area contributed by atoms with E-state index in [1.807, 2.05) is 11.0 Å². The highest BCUT2D eigenvalue weighted by atomic mass is 16.1. The van der Waals surface area contributed by atoms with Gasteiger partial charge < -0.3 is 43.8 Å². The zero-order chi connectivity index (χ0) is 22.8. The van der Waals surface area contributed by atoms with Crippen LogP contribution in [0.3, 0.4) is 0 Å². The highest BCUT2D eigenvalue weighted by Gasteiger charge is 2.28. The van der Waals surface area contributed by atoms with E-state index in [0.29, 0.717) is 43.5 Å². The average molecular weight is 441 g/mol. The Bertz CT molecular complexity index is 888. The third kappa shape index (κ3) is 5.25. The van der Waals surface area contributed by atoms with Gasteiger partial charge in [-0.25, -0.2) is 0 Å². The van der Waals surface area contributed by atoms with Gasteiger partial charge in [-0.2, -0.15) is 9.97 Å². The Labute approximate surface area is 187 Å². The van der Waals surface area contributed by atoms with Crippen LogP contribution in [0.1, 0.15) is 23.2 Å². The Morgan fingerprint density at radius 3 is 1.91 bits per heavy atom. The van der Waals surface area contributed by atoms with Crippen molar-refractivity contribution in [3.8, 4) is 0 Å². The third-order valence-electron chi connectivity index (χ3n) is 5.78. The van der Waals surface area contributed by atoms with E-state index in [2.05, 4.69) is 10.2 Å². The van der Waals surface area contributed by atoms with Crippen LogP contribution >= 0.6 is 0 Å². The first-order chi connectivity index (χ1) is 15.3. The molecule has 172 valence electrons. The number of carbonyl (C=O) groups excluding carboxylic acids is 1. The van der Waals surface area contributed by atoms with Gasteiger partial charge >= 0.3 is 0 Å². The zero-order valence-electron chi connectivity index (χ0n) is 18.0. The molecule has 2 aliphatic heterocycles. The summed E-state index contributed by atoms with van der Waals surface area (Å²) in [5.74, 6) is 1.43. The Hall–Kier alpha value is -2.99. The number of nitrogens with one attached hydrogen (secondary N) is 1. The van der Waals surface area contributed by atoms with Crippen LogP contribution in [0.5, 0.6) is 0 Å². The molecule has 11 nitrogen and oxygen atoms in total. The molecule has 0 unspecified atom stereocenters. The number of anilines is 4. The van der Waals surface area contributed by atoms with Crippen LogP contribution in [0.25, 0.3) is 0 Å². The topological polar surface area (TPSA) is 191 Å². The lowest BCUT2D eigenvalue weighted by Crippen LogP contribution is -2.53. The van der Waals surface area contributed by atoms with Crippen molar-refractivity contribution >= 4 is 29.2 Å². The Kier molecular flexibility index (Phi) is 6.42. The van der Waals surface area contributed by atoms with Crippen molar-refractivity contribution in [2.45, 2.75) is 37.0 Å². The molecule has 2 saturated heterocycles. The minimum absolute atomic E-state index is 0.0215. The maximum Gasteiger partial charge on any atom is 0.248 e. The van der Waals surface area contributed by atoms with Gasteiger partial charge in [0.15, 0.2) is 0 Å². The number of nitrogens with zero attached hydrogens (tertiary/aromatic N) is 4. The molecular formula is C21H32N10O. The molecule has 4 rings (SSSR count). The highest BCUT2D eigenvalue weighted by molar-refractivity contribution is 5.93. The van der Waals surface area contributed by atoms with E-state index >= 15 is 0 Å². The van der Waals surface area contributed by atoms with Crippen LogP contribution in [-0.4, -0.2) is 66.2 Å². The molecule has 2 aromatic rings. The monoisotopic (exact) mass is 440 g/mol. The molecule has 3 heterocycles. The second-order valence-corrected chi connectivity index (χ2v) is 8.80. The van der Waals surface area contributed by atoms with Crippen LogP contribution < -0.4 is 43.8 Å². The zero-order valence-corrected chi connectivity index (χ0v) is 18.0. The fourth-order valence-corrected chi connectivity index (χ4v) is 4.36. The minimum atomic E-state index is -0.473. The minimum Gasteiger partial charge on any atom is -0.366 e. The van der Waals surface area contributed by atoms with Gasteiger partial charge in [-0.05, 0) is 37.1 Å². The molecule has 4 atom stereocenters. The highest BCUT2D eigenvalue weighted by Crippen LogP contribution is 2.26. The number of aromatic nitrogens is 2. The molecule has 2 fully saturated rings. The number of carbonyl (C=O) groups is 1. The van der Waals surface area contributed by atoms with Crippen LogP contribution in [-0.2, 0) is 0 Å². The Balaban J connectivity index is 1.65. The van der Waals surface area contributed by atoms with E-state index in [1.165, 1.54) is 0 Å². The number of primary amides is 1. The first-order valence-electron chi connectivity index (χ1n) is 10.8. The number of piperidine rings is 2. The van der Waals surface area contributed by atoms with Gasteiger partial charge in [0.1, 0.15) is 11.6 Å². The summed E-state index contributed by atoms with van der Waals surface area (Å²) in [6, 6.07) is 8.64. The number of hydrogen-bond donors (Lipinski definition) is 6. The molecule has 1 aromatic carbocycles. The van der Waals surface area contributed by atoms with E-state index in [9.17, 15) is 4.79 Å². The first-order valence-corrected chi connectivity index (χ1v) is 10.8. The predicted octanol–water partition coefficient (Wildman–Crippen LogP) is -0.951. The van der Waals surface area contributed by atoms with Gasteiger partial charge in [0.2, 0.25) is 11.9 Å². The van der Waals surface area contributed by atoms with Gasteiger partial charge in [-0.1, -0.05) is 0 Å². The number of amides is 1. The molecule has 2 aliphatic rings. The number of benzene rings is 1. The second kappa shape index (κ2) is 9.25. The summed E-state index contributed by atoms with van der Waals surface area (Å²) >= 11 is 0. The normalized spacial score (nSPS) is 26.1. The predicted molar refractivity (Wildman–Crippen MR) is 126 cm³/mol. The fourth-order valence-electron chi connectivity index (χ4n) is 4.36. The summed E-state index contributed by atoms with van der Waals surface area (Å²) in [6.07, 6.45) is 1.55. The summed E-state index contributed by atoms with van der Waals surface area (Å²) in [5, 5.41) is 3.29. The summed E-state index contributed by atoms with van der Waals surface area (Å²) in [7, 11) is 0. The lowest BCUT2D eigenvalue weighted by Gasteiger charge is -2.37. The number of rotatable bonds is 5. The van der Waals surface area contributed by atoms with Crippen molar-refractivity contribution in [2.75, 3.05) is 41.3 Å². The van der Waals surface area contributed by atoms with Gasteiger partial charge in [-0.3, -0.25) is 4.79 Å². The van der Waals surface area contributed by atoms with E-state index in [1.54, 1.807) is 24.3 Å². The van der Waals surface area contributed by atoms with E-state index in [-0.39, 0.29) is 24.2 Å². The number of nitrogens with two attached hydrogens (primary N) is 5. The van der Waals surface area contributed by atoms with Crippen molar-refractivity contribution in [1.82, 2.24) is 9.97 Å². The molecule has 0 radical (unpaired) electrons. The molecule has 0 bridgehead atoms. The van der Waals surface area contributed by atoms with Crippen LogP contribution in [0, 0.1) is 0 Å². The van der Waals surface area contributed by atoms with Crippen molar-refractivity contribution in [3.63, 3.8) is 0 Å². The van der Waals surface area contributed by atoms with Crippen molar-refractivity contribution in [2.24, 2.45) is 28.7 Å². The van der Waals surface area contributed by atoms with Gasteiger partial charge in [0.25, 0.3) is 0 Å². The third-order valence-corrected chi connectivity index (χ3v) is 5.78. The summed E-state index contributed by atoms with van der Waals surface area (Å²) in [4.78, 5) is 25.0. The Morgan fingerprint density at radius 2 is 1.38 bits per heavy atom. The smallest absolute Gasteiger partial charge is 0.248 e. The maximum absolute atomic E-state index is 11.3. The standard InChI is InChI=1S/C21H32N10O/c22-13-5-14(23)9-30(8-13)19-7-18(27-17-3-1-12(2-4-17)20(26)32)28-21(29-19)31-10-15(24)6-16(25)11-31/h1-4,7,13-16H,5-6,8-11,22-25H2,(H2,26,32)(H,27,28,29)/t13-,14+,15-,16+. The summed E-state index contributed by atoms with van der Waals surface area (Å²) in [6.45, 7) is 2.58. The molecule has 11 N–H and O–H groups in total. The SMILES string of the molecule is NC(=O)c1ccc(Nc2cc(N3C[C@H](N)C[C@H](N)C3)nc(N3C[C@H](N)C[C@H](N)C3)n2)cc1. The van der Waals surface area contributed by atoms with Crippen molar-refractivity contribution in [3.05, 3.63) is 35.9 Å². The molecule has 0 saturated carbocycles.